The van der Waals surface area contributed by atoms with Gasteiger partial charge in [0.25, 0.3) is 0 Å². The van der Waals surface area contributed by atoms with Gasteiger partial charge in [-0.2, -0.15) is 0 Å². The summed E-state index contributed by atoms with van der Waals surface area (Å²) in [6.07, 6.45) is 0. The van der Waals surface area contributed by atoms with Crippen LogP contribution in [0.5, 0.6) is 0 Å². The Hall–Kier alpha value is 2.67. The first-order valence-corrected chi connectivity index (χ1v) is 6.85. The molecule has 0 amide bonds. The first-order chi connectivity index (χ1) is 7.24. The molecule has 0 aromatic heterocycles. The van der Waals surface area contributed by atoms with Crippen LogP contribution in [0.1, 0.15) is 6.92 Å². The van der Waals surface area contributed by atoms with Gasteiger partial charge in [-0.15, -0.1) is 0 Å². The fourth-order valence-electron chi connectivity index (χ4n) is 1.26. The molecule has 88 valence electrons. The summed E-state index contributed by atoms with van der Waals surface area (Å²) < 4.78 is 26.0. The van der Waals surface area contributed by atoms with Crippen molar-refractivity contribution in [3.05, 3.63) is 0 Å². The molecule has 0 bridgehead atoms. The van der Waals surface area contributed by atoms with E-state index in [1.165, 1.54) is 0 Å². The Morgan fingerprint density at radius 1 is 1.12 bits per heavy atom. The third-order valence-electron chi connectivity index (χ3n) is 2.14. The molecule has 9 heteroatoms. The normalized spacial score (nSPS) is 39.4. The second-order valence-corrected chi connectivity index (χ2v) is 5.64. The Bertz CT molecular complexity index is 203. The summed E-state index contributed by atoms with van der Waals surface area (Å²) in [7, 11) is -3.16. The molecule has 0 aromatic carbocycles. The molecule has 0 atom stereocenters. The molecule has 1 spiro atoms. The zero-order valence-corrected chi connectivity index (χ0v) is 17.4. The SMILES string of the molecule is CCOP1OCC2(COP([O-])OC2)CO1.[Cs+]. The van der Waals surface area contributed by atoms with Crippen LogP contribution in [0.2, 0.25) is 0 Å². The van der Waals surface area contributed by atoms with Gasteiger partial charge >= 0.3 is 77.5 Å². The maximum atomic E-state index is 10.9. The van der Waals surface area contributed by atoms with Crippen LogP contribution < -0.4 is 73.8 Å². The molecular weight excluding hydrogens is 375 g/mol. The largest absolute Gasteiger partial charge is 1.00 e. The Labute approximate surface area is 156 Å². The van der Waals surface area contributed by atoms with E-state index in [0.29, 0.717) is 33.0 Å². The van der Waals surface area contributed by atoms with Crippen LogP contribution in [-0.4, -0.2) is 33.0 Å². The molecule has 0 saturated carbocycles. The average molecular weight is 388 g/mol. The molecule has 2 rings (SSSR count). The van der Waals surface area contributed by atoms with Gasteiger partial charge in [-0.05, 0) is 6.92 Å². The van der Waals surface area contributed by atoms with Crippen molar-refractivity contribution in [3.8, 4) is 0 Å². The minimum absolute atomic E-state index is 0. The zero-order valence-electron chi connectivity index (χ0n) is 9.38. The monoisotopic (exact) mass is 388 g/mol. The minimum atomic E-state index is -1.95. The third-order valence-corrected chi connectivity index (χ3v) is 3.97. The van der Waals surface area contributed by atoms with E-state index >= 15 is 0 Å². The van der Waals surface area contributed by atoms with Crippen molar-refractivity contribution >= 4 is 17.2 Å². The first kappa shape index (κ1) is 16.7. The smallest absolute Gasteiger partial charge is 0.786 e. The first-order valence-electron chi connectivity index (χ1n) is 4.66. The Morgan fingerprint density at radius 3 is 2.12 bits per heavy atom. The van der Waals surface area contributed by atoms with E-state index in [2.05, 4.69) is 0 Å². The second kappa shape index (κ2) is 8.07. The molecule has 2 saturated heterocycles. The van der Waals surface area contributed by atoms with Crippen molar-refractivity contribution in [3.63, 3.8) is 0 Å². The van der Waals surface area contributed by atoms with Gasteiger partial charge in [-0.3, -0.25) is 0 Å². The summed E-state index contributed by atoms with van der Waals surface area (Å²) >= 11 is 0. The van der Waals surface area contributed by atoms with Crippen molar-refractivity contribution < 1.29 is 96.4 Å². The van der Waals surface area contributed by atoms with Crippen LogP contribution in [0.4, 0.5) is 0 Å². The van der Waals surface area contributed by atoms with Crippen LogP contribution in [0.3, 0.4) is 0 Å². The molecule has 0 unspecified atom stereocenters. The zero-order chi connectivity index (χ0) is 10.7. The molecule has 0 aliphatic carbocycles. The summed E-state index contributed by atoms with van der Waals surface area (Å²) in [5.41, 5.74) is -0.320. The molecule has 2 heterocycles. The van der Waals surface area contributed by atoms with E-state index in [0.717, 1.165) is 0 Å². The number of rotatable bonds is 2. The number of hydrogen-bond acceptors (Lipinski definition) is 6. The molecule has 0 N–H and O–H groups in total. The quantitative estimate of drug-likeness (QED) is 0.507. The van der Waals surface area contributed by atoms with Crippen molar-refractivity contribution in [2.75, 3.05) is 33.0 Å². The maximum absolute atomic E-state index is 10.9. The minimum Gasteiger partial charge on any atom is -0.786 e. The van der Waals surface area contributed by atoms with Crippen LogP contribution in [0, 0.1) is 5.41 Å². The van der Waals surface area contributed by atoms with Crippen molar-refractivity contribution in [2.24, 2.45) is 5.41 Å². The van der Waals surface area contributed by atoms with E-state index < -0.39 is 17.2 Å². The van der Waals surface area contributed by atoms with Gasteiger partial charge in [0.2, 0.25) is 0 Å². The summed E-state index contributed by atoms with van der Waals surface area (Å²) in [5.74, 6) is 0. The second-order valence-electron chi connectivity index (χ2n) is 3.46. The fraction of sp³-hybridized carbons (Fsp3) is 1.00. The molecule has 0 aromatic rings. The standard InChI is InChI=1S/C7H13O6P2.Cs/c1-2-9-15-12-5-7(6-13-15)3-10-14(8)11-4-7;/h2-6H2,1H3;/q-1;+1. The van der Waals surface area contributed by atoms with Crippen LogP contribution in [0.15, 0.2) is 0 Å². The van der Waals surface area contributed by atoms with Gasteiger partial charge in [-0.25, -0.2) is 0 Å². The Morgan fingerprint density at radius 2 is 1.62 bits per heavy atom. The van der Waals surface area contributed by atoms with Crippen molar-refractivity contribution in [1.82, 2.24) is 0 Å². The predicted molar refractivity (Wildman–Crippen MR) is 51.7 cm³/mol. The van der Waals surface area contributed by atoms with Crippen LogP contribution in [-0.2, 0) is 22.6 Å². The molecule has 2 aliphatic rings. The molecule has 2 aliphatic heterocycles. The van der Waals surface area contributed by atoms with E-state index in [9.17, 15) is 4.89 Å². The van der Waals surface area contributed by atoms with E-state index in [4.69, 9.17) is 22.6 Å². The predicted octanol–water partition coefficient (Wildman–Crippen LogP) is -2.08. The fourth-order valence-corrected chi connectivity index (χ4v) is 3.29. The summed E-state index contributed by atoms with van der Waals surface area (Å²) in [5, 5.41) is 0. The number of hydrogen-bond donors (Lipinski definition) is 0. The Balaban J connectivity index is 0.00000128. The van der Waals surface area contributed by atoms with E-state index in [1.54, 1.807) is 0 Å². The average Bonchev–Trinajstić information content (AvgIpc) is 2.27. The molecule has 0 radical (unpaired) electrons. The van der Waals surface area contributed by atoms with Crippen molar-refractivity contribution in [2.45, 2.75) is 6.92 Å². The van der Waals surface area contributed by atoms with Gasteiger partial charge in [-0.1, -0.05) is 0 Å². The maximum Gasteiger partial charge on any atom is 1.00 e. The van der Waals surface area contributed by atoms with Gasteiger partial charge < -0.3 is 27.5 Å². The Kier molecular flexibility index (Phi) is 8.44. The van der Waals surface area contributed by atoms with Gasteiger partial charge in [0, 0.05) is 0 Å². The topological polar surface area (TPSA) is 69.2 Å². The van der Waals surface area contributed by atoms with Crippen LogP contribution in [0.25, 0.3) is 0 Å². The van der Waals surface area contributed by atoms with Crippen molar-refractivity contribution in [1.29, 1.82) is 0 Å². The van der Waals surface area contributed by atoms with Gasteiger partial charge in [0.15, 0.2) is 0 Å². The van der Waals surface area contributed by atoms with Crippen LogP contribution >= 0.6 is 17.2 Å². The third kappa shape index (κ3) is 4.65. The summed E-state index contributed by atoms with van der Waals surface area (Å²) in [6, 6.07) is 0. The summed E-state index contributed by atoms with van der Waals surface area (Å²) in [6.45, 7) is 4.06. The van der Waals surface area contributed by atoms with Gasteiger partial charge in [0.05, 0.1) is 47.1 Å². The molecular formula is C7H13CsO6P2. The van der Waals surface area contributed by atoms with Gasteiger partial charge in [0.1, 0.15) is 0 Å². The molecule has 16 heavy (non-hydrogen) atoms. The summed E-state index contributed by atoms with van der Waals surface area (Å²) in [4.78, 5) is 10.9. The molecule has 6 nitrogen and oxygen atoms in total. The van der Waals surface area contributed by atoms with E-state index in [1.807, 2.05) is 6.92 Å². The molecule has 2 fully saturated rings. The van der Waals surface area contributed by atoms with E-state index in [-0.39, 0.29) is 74.3 Å².